The average molecular weight is 275 g/mol. The minimum Gasteiger partial charge on any atom is -0.395 e. The molecular formula is C17H25NO2. The van der Waals surface area contributed by atoms with E-state index in [1.165, 1.54) is 0 Å². The second-order valence-corrected chi connectivity index (χ2v) is 4.78. The number of benzene rings is 1. The fraction of sp³-hybridized carbons (Fsp3) is 0.529. The maximum absolute atomic E-state index is 9.26. The molecule has 1 rings (SSSR count). The Labute approximate surface area is 122 Å². The van der Waals surface area contributed by atoms with E-state index in [4.69, 9.17) is 5.11 Å². The SMILES string of the molecule is CCC(CC)N(CCO)Cc1ccccc1C#CCO. The fourth-order valence-electron chi connectivity index (χ4n) is 2.46. The van der Waals surface area contributed by atoms with Crippen LogP contribution in [0.15, 0.2) is 24.3 Å². The van der Waals surface area contributed by atoms with Crippen molar-refractivity contribution in [3.8, 4) is 11.8 Å². The fourth-order valence-corrected chi connectivity index (χ4v) is 2.46. The summed E-state index contributed by atoms with van der Waals surface area (Å²) in [5.74, 6) is 5.70. The minimum atomic E-state index is -0.124. The molecule has 0 aliphatic carbocycles. The number of aliphatic hydroxyl groups excluding tert-OH is 2. The number of nitrogens with zero attached hydrogens (tertiary/aromatic N) is 1. The summed E-state index contributed by atoms with van der Waals surface area (Å²) in [6.45, 7) is 5.85. The predicted molar refractivity (Wildman–Crippen MR) is 82.3 cm³/mol. The van der Waals surface area contributed by atoms with Crippen molar-refractivity contribution >= 4 is 0 Å². The number of hydrogen-bond acceptors (Lipinski definition) is 3. The first kappa shape index (κ1) is 16.7. The normalized spacial score (nSPS) is 10.7. The summed E-state index contributed by atoms with van der Waals surface area (Å²) in [5.41, 5.74) is 2.10. The molecule has 0 unspecified atom stereocenters. The van der Waals surface area contributed by atoms with E-state index in [0.29, 0.717) is 12.6 Å². The average Bonchev–Trinajstić information content (AvgIpc) is 2.48. The Kier molecular flexibility index (Phi) is 7.98. The van der Waals surface area contributed by atoms with Gasteiger partial charge in [0.15, 0.2) is 0 Å². The summed E-state index contributed by atoms with van der Waals surface area (Å²) < 4.78 is 0. The van der Waals surface area contributed by atoms with Crippen LogP contribution in [0.5, 0.6) is 0 Å². The number of hydrogen-bond donors (Lipinski definition) is 2. The second-order valence-electron chi connectivity index (χ2n) is 4.78. The Morgan fingerprint density at radius 3 is 2.45 bits per heavy atom. The van der Waals surface area contributed by atoms with Crippen LogP contribution in [-0.2, 0) is 6.54 Å². The highest BCUT2D eigenvalue weighted by Crippen LogP contribution is 2.16. The molecule has 0 radical (unpaired) electrons. The molecule has 0 fully saturated rings. The van der Waals surface area contributed by atoms with Crippen LogP contribution in [0.25, 0.3) is 0 Å². The van der Waals surface area contributed by atoms with Gasteiger partial charge in [0, 0.05) is 24.7 Å². The van der Waals surface area contributed by atoms with Gasteiger partial charge in [-0.3, -0.25) is 4.90 Å². The molecule has 0 amide bonds. The molecule has 0 saturated heterocycles. The van der Waals surface area contributed by atoms with Crippen LogP contribution in [0.4, 0.5) is 0 Å². The van der Waals surface area contributed by atoms with Crippen molar-refractivity contribution < 1.29 is 10.2 Å². The minimum absolute atomic E-state index is 0.124. The van der Waals surface area contributed by atoms with E-state index in [-0.39, 0.29) is 13.2 Å². The zero-order chi connectivity index (χ0) is 14.8. The van der Waals surface area contributed by atoms with Gasteiger partial charge in [-0.1, -0.05) is 43.9 Å². The highest BCUT2D eigenvalue weighted by molar-refractivity contribution is 5.41. The largest absolute Gasteiger partial charge is 0.395 e. The molecule has 0 aliphatic rings. The van der Waals surface area contributed by atoms with Gasteiger partial charge in [0.2, 0.25) is 0 Å². The van der Waals surface area contributed by atoms with E-state index in [1.807, 2.05) is 18.2 Å². The lowest BCUT2D eigenvalue weighted by Crippen LogP contribution is -2.36. The zero-order valence-corrected chi connectivity index (χ0v) is 12.5. The third-order valence-electron chi connectivity index (χ3n) is 3.54. The smallest absolute Gasteiger partial charge is 0.104 e. The van der Waals surface area contributed by atoms with Gasteiger partial charge in [-0.2, -0.15) is 0 Å². The van der Waals surface area contributed by atoms with Gasteiger partial charge in [0.1, 0.15) is 6.61 Å². The maximum Gasteiger partial charge on any atom is 0.104 e. The molecule has 0 aromatic heterocycles. The lowest BCUT2D eigenvalue weighted by Gasteiger charge is -2.30. The van der Waals surface area contributed by atoms with Crippen LogP contribution in [0.1, 0.15) is 37.8 Å². The Morgan fingerprint density at radius 1 is 1.15 bits per heavy atom. The summed E-state index contributed by atoms with van der Waals surface area (Å²) in [5, 5.41) is 18.1. The Balaban J connectivity index is 2.92. The van der Waals surface area contributed by atoms with Crippen LogP contribution in [0.2, 0.25) is 0 Å². The van der Waals surface area contributed by atoms with Gasteiger partial charge in [-0.05, 0) is 24.5 Å². The van der Waals surface area contributed by atoms with Crippen LogP contribution < -0.4 is 0 Å². The van der Waals surface area contributed by atoms with Crippen molar-refractivity contribution in [3.63, 3.8) is 0 Å². The highest BCUT2D eigenvalue weighted by atomic mass is 16.3. The van der Waals surface area contributed by atoms with Crippen molar-refractivity contribution in [1.29, 1.82) is 0 Å². The van der Waals surface area contributed by atoms with Crippen molar-refractivity contribution in [3.05, 3.63) is 35.4 Å². The second kappa shape index (κ2) is 9.55. The van der Waals surface area contributed by atoms with E-state index in [9.17, 15) is 5.11 Å². The van der Waals surface area contributed by atoms with Crippen molar-refractivity contribution in [1.82, 2.24) is 4.90 Å². The summed E-state index contributed by atoms with van der Waals surface area (Å²) in [6.07, 6.45) is 2.14. The maximum atomic E-state index is 9.26. The third kappa shape index (κ3) is 4.97. The molecular weight excluding hydrogens is 250 g/mol. The van der Waals surface area contributed by atoms with Gasteiger partial charge in [-0.25, -0.2) is 0 Å². The highest BCUT2D eigenvalue weighted by Gasteiger charge is 2.15. The monoisotopic (exact) mass is 275 g/mol. The summed E-state index contributed by atoms with van der Waals surface area (Å²) in [6, 6.07) is 8.47. The lowest BCUT2D eigenvalue weighted by atomic mass is 10.0. The van der Waals surface area contributed by atoms with Crippen LogP contribution >= 0.6 is 0 Å². The first-order valence-corrected chi connectivity index (χ1v) is 7.29. The molecule has 0 bridgehead atoms. The Hall–Kier alpha value is -1.34. The van der Waals surface area contributed by atoms with Crippen LogP contribution in [0, 0.1) is 11.8 Å². The van der Waals surface area contributed by atoms with Crippen molar-refractivity contribution in [2.24, 2.45) is 0 Å². The van der Waals surface area contributed by atoms with Crippen LogP contribution in [0.3, 0.4) is 0 Å². The molecule has 2 N–H and O–H groups in total. The molecule has 0 atom stereocenters. The van der Waals surface area contributed by atoms with Crippen LogP contribution in [-0.4, -0.2) is 40.9 Å². The molecule has 20 heavy (non-hydrogen) atoms. The van der Waals surface area contributed by atoms with Gasteiger partial charge < -0.3 is 10.2 Å². The summed E-state index contributed by atoms with van der Waals surface area (Å²) in [4.78, 5) is 2.31. The summed E-state index contributed by atoms with van der Waals surface area (Å²) >= 11 is 0. The van der Waals surface area contributed by atoms with Gasteiger partial charge in [0.25, 0.3) is 0 Å². The molecule has 0 aliphatic heterocycles. The molecule has 1 aromatic carbocycles. The Morgan fingerprint density at radius 2 is 1.85 bits per heavy atom. The van der Waals surface area contributed by atoms with Gasteiger partial charge >= 0.3 is 0 Å². The standard InChI is InChI=1S/C17H25NO2/c1-3-17(4-2)18(11-13-20)14-16-9-6-5-8-15(16)10-7-12-19/h5-6,8-9,17,19-20H,3-4,11-14H2,1-2H3. The lowest BCUT2D eigenvalue weighted by molar-refractivity contribution is 0.136. The Bertz CT molecular complexity index is 444. The van der Waals surface area contributed by atoms with Gasteiger partial charge in [-0.15, -0.1) is 0 Å². The number of aliphatic hydroxyl groups is 2. The molecule has 0 heterocycles. The topological polar surface area (TPSA) is 43.7 Å². The third-order valence-corrected chi connectivity index (χ3v) is 3.54. The molecule has 3 heteroatoms. The molecule has 110 valence electrons. The van der Waals surface area contributed by atoms with Crippen molar-refractivity contribution in [2.75, 3.05) is 19.8 Å². The molecule has 0 saturated carbocycles. The van der Waals surface area contributed by atoms with E-state index in [2.05, 4.69) is 36.7 Å². The quantitative estimate of drug-likeness (QED) is 0.748. The van der Waals surface area contributed by atoms with Crippen molar-refractivity contribution in [2.45, 2.75) is 39.3 Å². The number of rotatable bonds is 7. The van der Waals surface area contributed by atoms with E-state index >= 15 is 0 Å². The van der Waals surface area contributed by atoms with E-state index in [1.54, 1.807) is 0 Å². The van der Waals surface area contributed by atoms with E-state index < -0.39 is 0 Å². The predicted octanol–water partition coefficient (Wildman–Crippen LogP) is 2.01. The van der Waals surface area contributed by atoms with Gasteiger partial charge in [0.05, 0.1) is 6.61 Å². The summed E-state index contributed by atoms with van der Waals surface area (Å²) in [7, 11) is 0. The molecule has 3 nitrogen and oxygen atoms in total. The first-order chi connectivity index (χ1) is 9.76. The molecule has 1 aromatic rings. The molecule has 0 spiro atoms. The zero-order valence-electron chi connectivity index (χ0n) is 12.5. The first-order valence-electron chi connectivity index (χ1n) is 7.29. The van der Waals surface area contributed by atoms with E-state index in [0.717, 1.165) is 30.5 Å².